The highest BCUT2D eigenvalue weighted by atomic mass is 16.6. The molecule has 10 heteroatoms. The van der Waals surface area contributed by atoms with E-state index in [0.29, 0.717) is 17.9 Å². The van der Waals surface area contributed by atoms with Gasteiger partial charge in [-0.25, -0.2) is 0 Å². The lowest BCUT2D eigenvalue weighted by Gasteiger charge is -2.40. The summed E-state index contributed by atoms with van der Waals surface area (Å²) in [6.45, 7) is 6.51. The van der Waals surface area contributed by atoms with Gasteiger partial charge in [0.25, 0.3) is 5.91 Å². The molecule has 10 nitrogen and oxygen atoms in total. The number of ether oxygens (including phenoxy) is 2. The van der Waals surface area contributed by atoms with Gasteiger partial charge in [0.1, 0.15) is 41.4 Å². The summed E-state index contributed by atoms with van der Waals surface area (Å²) < 4.78 is 16.8. The molecule has 5 atom stereocenters. The van der Waals surface area contributed by atoms with Crippen LogP contribution in [0, 0.1) is 11.3 Å². The summed E-state index contributed by atoms with van der Waals surface area (Å²) in [4.78, 5) is 15.3. The van der Waals surface area contributed by atoms with Crippen LogP contribution in [-0.2, 0) is 14.3 Å². The van der Waals surface area contributed by atoms with Gasteiger partial charge in [-0.05, 0) is 54.4 Å². The van der Waals surface area contributed by atoms with Crippen LogP contribution in [-0.4, -0.2) is 78.2 Å². The number of aliphatic hydroxyl groups excluding tert-OH is 3. The molecule has 2 aliphatic heterocycles. The van der Waals surface area contributed by atoms with Crippen molar-refractivity contribution in [3.05, 3.63) is 59.9 Å². The molecule has 3 aromatic rings. The Labute approximate surface area is 232 Å². The van der Waals surface area contributed by atoms with Crippen molar-refractivity contribution in [1.29, 1.82) is 5.26 Å². The largest absolute Gasteiger partial charge is 0.456 e. The fourth-order valence-electron chi connectivity index (χ4n) is 5.19. The highest BCUT2D eigenvalue weighted by molar-refractivity contribution is 6.04. The van der Waals surface area contributed by atoms with E-state index in [-0.39, 0.29) is 11.1 Å². The van der Waals surface area contributed by atoms with Gasteiger partial charge in [0.15, 0.2) is 6.29 Å². The van der Waals surface area contributed by atoms with Gasteiger partial charge < -0.3 is 39.4 Å². The predicted octanol–water partition coefficient (Wildman–Crippen LogP) is 2.57. The number of nitrogens with zero attached hydrogens (tertiary/aromatic N) is 2. The van der Waals surface area contributed by atoms with E-state index in [1.807, 2.05) is 24.3 Å². The normalized spacial score (nSPS) is 25.8. The van der Waals surface area contributed by atoms with Gasteiger partial charge in [-0.2, -0.15) is 5.26 Å². The van der Waals surface area contributed by atoms with Crippen LogP contribution < -0.4 is 10.2 Å². The molecule has 2 saturated heterocycles. The number of hydrogen-bond acceptors (Lipinski definition) is 9. The molecule has 1 amide bonds. The van der Waals surface area contributed by atoms with Crippen molar-refractivity contribution in [1.82, 2.24) is 5.32 Å². The monoisotopic (exact) mass is 547 g/mol. The van der Waals surface area contributed by atoms with Crippen LogP contribution in [0.1, 0.15) is 26.0 Å². The second kappa shape index (κ2) is 11.8. The van der Waals surface area contributed by atoms with E-state index in [2.05, 4.69) is 28.4 Å². The van der Waals surface area contributed by atoms with Crippen LogP contribution >= 0.6 is 0 Å². The number of amides is 1. The summed E-state index contributed by atoms with van der Waals surface area (Å²) in [5.41, 5.74) is 2.04. The number of allylic oxidation sites excluding steroid dienone is 1. The summed E-state index contributed by atoms with van der Waals surface area (Å²) in [6, 6.07) is 16.4. The van der Waals surface area contributed by atoms with E-state index in [9.17, 15) is 25.4 Å². The molecule has 4 N–H and O–H groups in total. The van der Waals surface area contributed by atoms with Crippen LogP contribution in [0.2, 0.25) is 0 Å². The number of anilines is 1. The Bertz CT molecular complexity index is 1450. The maximum absolute atomic E-state index is 13.0. The third kappa shape index (κ3) is 5.47. The molecule has 0 spiro atoms. The fourth-order valence-corrected chi connectivity index (χ4v) is 5.19. The zero-order valence-corrected chi connectivity index (χ0v) is 22.4. The number of carbonyl (C=O) groups excluding carboxylic acids is 1. The zero-order valence-electron chi connectivity index (χ0n) is 22.4. The Balaban J connectivity index is 1.34. The third-order valence-corrected chi connectivity index (χ3v) is 7.59. The van der Waals surface area contributed by atoms with E-state index in [0.717, 1.165) is 48.3 Å². The molecule has 2 aromatic carbocycles. The van der Waals surface area contributed by atoms with Crippen LogP contribution in [0.4, 0.5) is 5.69 Å². The zero-order chi connectivity index (χ0) is 28.4. The molecule has 2 fully saturated rings. The first kappa shape index (κ1) is 27.8. The number of hydrogen-bond donors (Lipinski definition) is 4. The molecule has 0 aliphatic carbocycles. The summed E-state index contributed by atoms with van der Waals surface area (Å²) in [5, 5.41) is 45.3. The van der Waals surface area contributed by atoms with Crippen LogP contribution in [0.25, 0.3) is 27.7 Å². The average Bonchev–Trinajstić information content (AvgIpc) is 3.48. The highest BCUT2D eigenvalue weighted by Gasteiger charge is 2.44. The lowest BCUT2D eigenvalue weighted by atomic mass is 9.95. The molecule has 210 valence electrons. The van der Waals surface area contributed by atoms with E-state index >= 15 is 0 Å². The first-order chi connectivity index (χ1) is 19.3. The van der Waals surface area contributed by atoms with Gasteiger partial charge in [0, 0.05) is 29.9 Å². The standard InChI is InChI=1S/C30H33N3O7/c1-3-23-27(34)28(35)26(30(37)40-23)32-29(36)22(16-31)17(2)24-8-9-25(39-24)20-5-4-19-15-21(7-6-18(19)14-20)33-10-12-38-13-11-33/h4-9,14-15,23,26-28,30,34-35,37H,3,10-13H2,1-2H3,(H,32,36)/b22-17+/t23-,26?,27-,28-,30?/m1/s1. The highest BCUT2D eigenvalue weighted by Crippen LogP contribution is 2.31. The van der Waals surface area contributed by atoms with Crippen molar-refractivity contribution >= 4 is 27.9 Å². The number of aliphatic hydroxyl groups is 3. The molecule has 0 radical (unpaired) electrons. The minimum absolute atomic E-state index is 0.249. The first-order valence-electron chi connectivity index (χ1n) is 13.4. The molecule has 3 heterocycles. The van der Waals surface area contributed by atoms with Gasteiger partial charge >= 0.3 is 0 Å². The Hall–Kier alpha value is -3.72. The number of carbonyl (C=O) groups is 1. The molecule has 1 aromatic heterocycles. The fraction of sp³-hybridized carbons (Fsp3) is 0.400. The number of fused-ring (bicyclic) bond motifs is 1. The maximum Gasteiger partial charge on any atom is 0.262 e. The smallest absolute Gasteiger partial charge is 0.262 e. The lowest BCUT2D eigenvalue weighted by molar-refractivity contribution is -0.247. The molecule has 40 heavy (non-hydrogen) atoms. The van der Waals surface area contributed by atoms with E-state index in [1.54, 1.807) is 26.0 Å². The Kier molecular flexibility index (Phi) is 8.21. The minimum Gasteiger partial charge on any atom is -0.456 e. The van der Waals surface area contributed by atoms with Crippen molar-refractivity contribution in [2.75, 3.05) is 31.2 Å². The van der Waals surface area contributed by atoms with Gasteiger partial charge in [0.05, 0.1) is 19.3 Å². The SMILES string of the molecule is CC[C@H]1OC(O)C(NC(=O)/C(C#N)=C(\C)c2ccc(-c3ccc4cc(N5CCOCC5)ccc4c3)o2)[C@@H](O)[C@@H]1O. The second-order valence-electron chi connectivity index (χ2n) is 10.1. The Morgan fingerprint density at radius 3 is 2.50 bits per heavy atom. The van der Waals surface area contributed by atoms with Crippen molar-refractivity contribution < 1.29 is 34.0 Å². The summed E-state index contributed by atoms with van der Waals surface area (Å²) in [7, 11) is 0. The van der Waals surface area contributed by atoms with E-state index in [4.69, 9.17) is 13.9 Å². The van der Waals surface area contributed by atoms with Crippen LogP contribution in [0.5, 0.6) is 0 Å². The first-order valence-corrected chi connectivity index (χ1v) is 13.4. The summed E-state index contributed by atoms with van der Waals surface area (Å²) in [5.74, 6) is 0.0802. The summed E-state index contributed by atoms with van der Waals surface area (Å²) >= 11 is 0. The number of nitriles is 1. The van der Waals surface area contributed by atoms with Crippen molar-refractivity contribution in [2.45, 2.75) is 50.9 Å². The lowest BCUT2D eigenvalue weighted by Crippen LogP contribution is -2.63. The maximum atomic E-state index is 13.0. The number of morpholine rings is 1. The number of furan rings is 1. The molecule has 5 rings (SSSR count). The predicted molar refractivity (Wildman–Crippen MR) is 148 cm³/mol. The van der Waals surface area contributed by atoms with Crippen LogP contribution in [0.15, 0.2) is 58.5 Å². The number of nitrogens with one attached hydrogen (secondary N) is 1. The van der Waals surface area contributed by atoms with Crippen molar-refractivity contribution in [2.24, 2.45) is 0 Å². The van der Waals surface area contributed by atoms with Gasteiger partial charge in [0.2, 0.25) is 0 Å². The van der Waals surface area contributed by atoms with E-state index < -0.39 is 36.6 Å². The molecular weight excluding hydrogens is 514 g/mol. The molecule has 2 unspecified atom stereocenters. The molecule has 0 saturated carbocycles. The van der Waals surface area contributed by atoms with Crippen molar-refractivity contribution in [3.8, 4) is 17.4 Å². The topological polar surface area (TPSA) is 148 Å². The average molecular weight is 548 g/mol. The summed E-state index contributed by atoms with van der Waals surface area (Å²) in [6.07, 6.45) is -4.71. The third-order valence-electron chi connectivity index (χ3n) is 7.59. The van der Waals surface area contributed by atoms with Crippen LogP contribution in [0.3, 0.4) is 0 Å². The van der Waals surface area contributed by atoms with E-state index in [1.165, 1.54) is 0 Å². The Morgan fingerprint density at radius 1 is 1.05 bits per heavy atom. The quantitative estimate of drug-likeness (QED) is 0.270. The Morgan fingerprint density at radius 2 is 1.77 bits per heavy atom. The van der Waals surface area contributed by atoms with Gasteiger partial charge in [-0.15, -0.1) is 0 Å². The minimum atomic E-state index is -1.54. The second-order valence-corrected chi connectivity index (χ2v) is 10.1. The van der Waals surface area contributed by atoms with Gasteiger partial charge in [-0.1, -0.05) is 25.1 Å². The number of rotatable bonds is 6. The van der Waals surface area contributed by atoms with Crippen molar-refractivity contribution in [3.63, 3.8) is 0 Å². The number of benzene rings is 2. The molecular formula is C30H33N3O7. The molecule has 0 bridgehead atoms. The molecule has 2 aliphatic rings. The van der Waals surface area contributed by atoms with Gasteiger partial charge in [-0.3, -0.25) is 4.79 Å².